The van der Waals surface area contributed by atoms with Gasteiger partial charge in [-0.05, 0) is 25.1 Å². The maximum Gasteiger partial charge on any atom is 0.337 e. The summed E-state index contributed by atoms with van der Waals surface area (Å²) in [6, 6.07) is 5.12. The normalized spacial score (nSPS) is 10.3. The van der Waals surface area contributed by atoms with Crippen LogP contribution in [-0.2, 0) is 4.74 Å². The minimum Gasteiger partial charge on any atom is -0.465 e. The first-order valence-corrected chi connectivity index (χ1v) is 4.52. The molecule has 1 aromatic carbocycles. The molecule has 4 heteroatoms. The lowest BCUT2D eigenvalue weighted by molar-refractivity contribution is 0.0601. The molecule has 4 nitrogen and oxygen atoms in total. The van der Waals surface area contributed by atoms with Crippen LogP contribution in [0, 0.1) is 6.92 Å². The molecule has 0 N–H and O–H groups in total. The van der Waals surface area contributed by atoms with Crippen molar-refractivity contribution in [2.45, 2.75) is 6.92 Å². The largest absolute Gasteiger partial charge is 0.465 e. The molecule has 0 fully saturated rings. The van der Waals surface area contributed by atoms with Crippen molar-refractivity contribution in [1.82, 2.24) is 9.97 Å². The molecule has 0 spiro atoms. The van der Waals surface area contributed by atoms with Gasteiger partial charge in [-0.25, -0.2) is 9.78 Å². The van der Waals surface area contributed by atoms with E-state index in [1.54, 1.807) is 24.4 Å². The van der Waals surface area contributed by atoms with Crippen LogP contribution in [-0.4, -0.2) is 23.0 Å². The zero-order chi connectivity index (χ0) is 10.8. The van der Waals surface area contributed by atoms with E-state index in [-0.39, 0.29) is 5.97 Å². The number of benzene rings is 1. The van der Waals surface area contributed by atoms with Crippen molar-refractivity contribution >= 4 is 17.0 Å². The van der Waals surface area contributed by atoms with E-state index in [1.165, 1.54) is 7.11 Å². The summed E-state index contributed by atoms with van der Waals surface area (Å²) in [7, 11) is 1.35. The molecule has 2 rings (SSSR count). The lowest BCUT2D eigenvalue weighted by Crippen LogP contribution is -2.01. The maximum absolute atomic E-state index is 11.3. The van der Waals surface area contributed by atoms with Gasteiger partial charge < -0.3 is 4.74 Å². The number of ether oxygens (including phenoxy) is 1. The highest BCUT2D eigenvalue weighted by atomic mass is 16.5. The van der Waals surface area contributed by atoms with Crippen molar-refractivity contribution in [3.8, 4) is 0 Å². The first-order valence-electron chi connectivity index (χ1n) is 4.52. The standard InChI is InChI=1S/C11H10N2O2/c1-7-6-12-10-5-8(11(14)15-2)3-4-9(10)13-7/h3-6H,1-2H3. The van der Waals surface area contributed by atoms with Gasteiger partial charge in [0, 0.05) is 6.20 Å². The predicted octanol–water partition coefficient (Wildman–Crippen LogP) is 1.72. The zero-order valence-electron chi connectivity index (χ0n) is 8.52. The van der Waals surface area contributed by atoms with Crippen molar-refractivity contribution in [3.05, 3.63) is 35.7 Å². The summed E-state index contributed by atoms with van der Waals surface area (Å²) < 4.78 is 4.62. The van der Waals surface area contributed by atoms with Crippen molar-refractivity contribution < 1.29 is 9.53 Å². The maximum atomic E-state index is 11.3. The number of carbonyl (C=O) groups is 1. The van der Waals surface area contributed by atoms with Crippen LogP contribution in [0.5, 0.6) is 0 Å². The molecule has 0 saturated carbocycles. The number of esters is 1. The molecule has 0 amide bonds. The van der Waals surface area contributed by atoms with Crippen LogP contribution < -0.4 is 0 Å². The average molecular weight is 202 g/mol. The number of aromatic nitrogens is 2. The highest BCUT2D eigenvalue weighted by Gasteiger charge is 2.06. The highest BCUT2D eigenvalue weighted by molar-refractivity contribution is 5.93. The van der Waals surface area contributed by atoms with E-state index in [9.17, 15) is 4.79 Å². The Morgan fingerprint density at radius 3 is 2.87 bits per heavy atom. The smallest absolute Gasteiger partial charge is 0.337 e. The fraction of sp³-hybridized carbons (Fsp3) is 0.182. The topological polar surface area (TPSA) is 52.1 Å². The first-order chi connectivity index (χ1) is 7.20. The van der Waals surface area contributed by atoms with Crippen molar-refractivity contribution in [1.29, 1.82) is 0 Å². The lowest BCUT2D eigenvalue weighted by Gasteiger charge is -2.01. The van der Waals surface area contributed by atoms with E-state index in [2.05, 4.69) is 14.7 Å². The Kier molecular flexibility index (Phi) is 2.33. The average Bonchev–Trinajstić information content (AvgIpc) is 2.27. The SMILES string of the molecule is COC(=O)c1ccc2nc(C)cnc2c1. The van der Waals surface area contributed by atoms with Crippen molar-refractivity contribution in [2.75, 3.05) is 7.11 Å². The third kappa shape index (κ3) is 1.79. The van der Waals surface area contributed by atoms with Gasteiger partial charge in [0.25, 0.3) is 0 Å². The Hall–Kier alpha value is -1.97. The summed E-state index contributed by atoms with van der Waals surface area (Å²) >= 11 is 0. The van der Waals surface area contributed by atoms with E-state index in [0.717, 1.165) is 11.2 Å². The predicted molar refractivity (Wildman–Crippen MR) is 55.6 cm³/mol. The first kappa shape index (κ1) is 9.58. The lowest BCUT2D eigenvalue weighted by atomic mass is 10.2. The minimum absolute atomic E-state index is 0.362. The molecule has 15 heavy (non-hydrogen) atoms. The van der Waals surface area contributed by atoms with Gasteiger partial charge in [-0.15, -0.1) is 0 Å². The molecular formula is C11H10N2O2. The molecule has 0 aliphatic rings. The van der Waals surface area contributed by atoms with Crippen LogP contribution in [0.4, 0.5) is 0 Å². The summed E-state index contributed by atoms with van der Waals surface area (Å²) in [6.45, 7) is 1.88. The molecule has 0 atom stereocenters. The number of carbonyl (C=O) groups excluding carboxylic acids is 1. The van der Waals surface area contributed by atoms with Gasteiger partial charge in [-0.2, -0.15) is 0 Å². The molecule has 0 saturated heterocycles. The number of methoxy groups -OCH3 is 1. The molecule has 2 aromatic rings. The van der Waals surface area contributed by atoms with Gasteiger partial charge in [0.15, 0.2) is 0 Å². The number of fused-ring (bicyclic) bond motifs is 1. The molecule has 0 aliphatic heterocycles. The summed E-state index contributed by atoms with van der Waals surface area (Å²) in [5, 5.41) is 0. The summed E-state index contributed by atoms with van der Waals surface area (Å²) in [6.07, 6.45) is 1.67. The van der Waals surface area contributed by atoms with Crippen LogP contribution >= 0.6 is 0 Å². The Labute approximate surface area is 86.9 Å². The molecule has 0 bridgehead atoms. The van der Waals surface area contributed by atoms with E-state index >= 15 is 0 Å². The van der Waals surface area contributed by atoms with Gasteiger partial charge in [-0.3, -0.25) is 4.98 Å². The summed E-state index contributed by atoms with van der Waals surface area (Å²) in [5.41, 5.74) is 2.82. The van der Waals surface area contributed by atoms with Crippen molar-refractivity contribution in [3.63, 3.8) is 0 Å². The van der Waals surface area contributed by atoms with Gasteiger partial charge in [0.1, 0.15) is 0 Å². The van der Waals surface area contributed by atoms with Gasteiger partial charge in [0.05, 0.1) is 29.4 Å². The van der Waals surface area contributed by atoms with Crippen LogP contribution in [0.15, 0.2) is 24.4 Å². The number of hydrogen-bond acceptors (Lipinski definition) is 4. The van der Waals surface area contributed by atoms with Crippen LogP contribution in [0.25, 0.3) is 11.0 Å². The molecule has 1 heterocycles. The molecule has 1 aromatic heterocycles. The van der Waals surface area contributed by atoms with Gasteiger partial charge in [-0.1, -0.05) is 0 Å². The highest BCUT2D eigenvalue weighted by Crippen LogP contribution is 2.12. The third-order valence-corrected chi connectivity index (χ3v) is 2.08. The number of rotatable bonds is 1. The number of aryl methyl sites for hydroxylation is 1. The third-order valence-electron chi connectivity index (χ3n) is 2.08. The van der Waals surface area contributed by atoms with Crippen molar-refractivity contribution in [2.24, 2.45) is 0 Å². The Balaban J connectivity index is 2.57. The summed E-state index contributed by atoms with van der Waals surface area (Å²) in [4.78, 5) is 19.7. The van der Waals surface area contributed by atoms with Gasteiger partial charge >= 0.3 is 5.97 Å². The fourth-order valence-corrected chi connectivity index (χ4v) is 1.35. The van der Waals surface area contributed by atoms with Crippen LogP contribution in [0.3, 0.4) is 0 Å². The molecule has 76 valence electrons. The van der Waals surface area contributed by atoms with E-state index in [0.29, 0.717) is 11.1 Å². The second-order valence-corrected chi connectivity index (χ2v) is 3.21. The molecule has 0 aliphatic carbocycles. The van der Waals surface area contributed by atoms with E-state index in [1.807, 2.05) is 6.92 Å². The number of nitrogens with zero attached hydrogens (tertiary/aromatic N) is 2. The van der Waals surface area contributed by atoms with Gasteiger partial charge in [0.2, 0.25) is 0 Å². The zero-order valence-corrected chi connectivity index (χ0v) is 8.52. The monoisotopic (exact) mass is 202 g/mol. The quantitative estimate of drug-likeness (QED) is 0.661. The second kappa shape index (κ2) is 3.65. The van der Waals surface area contributed by atoms with Crippen LogP contribution in [0.2, 0.25) is 0 Å². The molecular weight excluding hydrogens is 192 g/mol. The Morgan fingerprint density at radius 2 is 2.13 bits per heavy atom. The molecule has 0 unspecified atom stereocenters. The molecule has 0 radical (unpaired) electrons. The number of hydrogen-bond donors (Lipinski definition) is 0. The minimum atomic E-state index is -0.362. The van der Waals surface area contributed by atoms with Crippen LogP contribution in [0.1, 0.15) is 16.1 Å². The summed E-state index contributed by atoms with van der Waals surface area (Å²) in [5.74, 6) is -0.362. The van der Waals surface area contributed by atoms with E-state index < -0.39 is 0 Å². The Morgan fingerprint density at radius 1 is 1.33 bits per heavy atom. The Bertz CT molecular complexity index is 523. The fourth-order valence-electron chi connectivity index (χ4n) is 1.35. The second-order valence-electron chi connectivity index (χ2n) is 3.21. The van der Waals surface area contributed by atoms with E-state index in [4.69, 9.17) is 0 Å².